The van der Waals surface area contributed by atoms with Gasteiger partial charge in [-0.25, -0.2) is 0 Å². The molecule has 0 amide bonds. The van der Waals surface area contributed by atoms with Crippen LogP contribution in [0.25, 0.3) is 0 Å². The van der Waals surface area contributed by atoms with Crippen LogP contribution in [0.1, 0.15) is 26.7 Å². The molecule has 13 heavy (non-hydrogen) atoms. The Balaban J connectivity index is 0.000000243. The van der Waals surface area contributed by atoms with Crippen molar-refractivity contribution in [3.8, 4) is 0 Å². The van der Waals surface area contributed by atoms with Crippen LogP contribution in [0.4, 0.5) is 0 Å². The van der Waals surface area contributed by atoms with E-state index in [9.17, 15) is 0 Å². The van der Waals surface area contributed by atoms with E-state index in [1.165, 1.54) is 25.9 Å². The molecule has 78 valence electrons. The minimum Gasteiger partial charge on any atom is -0.358 e. The van der Waals surface area contributed by atoms with Crippen molar-refractivity contribution < 1.29 is 0 Å². The quantitative estimate of drug-likeness (QED) is 0.546. The van der Waals surface area contributed by atoms with Gasteiger partial charge in [-0.15, -0.1) is 12.6 Å². The SMILES string of the molecule is C1CCNC1.CCN(CC)C(=S)S. The molecule has 1 fully saturated rings. The zero-order valence-electron chi connectivity index (χ0n) is 8.55. The molecule has 0 aromatic heterocycles. The Bertz CT molecular complexity index is 124. The summed E-state index contributed by atoms with van der Waals surface area (Å²) in [4.78, 5) is 2.01. The van der Waals surface area contributed by atoms with Crippen LogP contribution >= 0.6 is 24.8 Å². The number of rotatable bonds is 2. The van der Waals surface area contributed by atoms with Gasteiger partial charge >= 0.3 is 0 Å². The first kappa shape index (κ1) is 13.2. The Morgan fingerprint density at radius 2 is 1.77 bits per heavy atom. The van der Waals surface area contributed by atoms with Crippen LogP contribution in [0.5, 0.6) is 0 Å². The second kappa shape index (κ2) is 8.78. The van der Waals surface area contributed by atoms with E-state index in [0.717, 1.165) is 13.1 Å². The smallest absolute Gasteiger partial charge is 0.133 e. The molecule has 1 saturated heterocycles. The minimum absolute atomic E-state index is 0.690. The van der Waals surface area contributed by atoms with Crippen LogP contribution < -0.4 is 5.32 Å². The highest BCUT2D eigenvalue weighted by Crippen LogP contribution is 1.93. The summed E-state index contributed by atoms with van der Waals surface area (Å²) in [6.45, 7) is 8.54. The maximum Gasteiger partial charge on any atom is 0.133 e. The summed E-state index contributed by atoms with van der Waals surface area (Å²) >= 11 is 8.82. The van der Waals surface area contributed by atoms with E-state index < -0.39 is 0 Å². The van der Waals surface area contributed by atoms with E-state index in [0.29, 0.717) is 4.32 Å². The topological polar surface area (TPSA) is 15.3 Å². The van der Waals surface area contributed by atoms with Crippen LogP contribution in [0.2, 0.25) is 0 Å². The van der Waals surface area contributed by atoms with E-state index in [4.69, 9.17) is 12.2 Å². The summed E-state index contributed by atoms with van der Waals surface area (Å²) in [7, 11) is 0. The molecule has 2 nitrogen and oxygen atoms in total. The number of thiol groups is 1. The van der Waals surface area contributed by atoms with Gasteiger partial charge in [-0.3, -0.25) is 0 Å². The van der Waals surface area contributed by atoms with Crippen molar-refractivity contribution in [2.24, 2.45) is 0 Å². The summed E-state index contributed by atoms with van der Waals surface area (Å²) < 4.78 is 0.690. The third kappa shape index (κ3) is 7.28. The predicted octanol–water partition coefficient (Wildman–Crippen LogP) is 1.91. The molecular weight excluding hydrogens is 200 g/mol. The Morgan fingerprint density at radius 1 is 1.31 bits per heavy atom. The first-order valence-electron chi connectivity index (χ1n) is 4.91. The molecular formula is C9H20N2S2. The summed E-state index contributed by atoms with van der Waals surface area (Å²) in [6.07, 6.45) is 2.78. The zero-order valence-corrected chi connectivity index (χ0v) is 10.3. The fraction of sp³-hybridized carbons (Fsp3) is 0.889. The monoisotopic (exact) mass is 220 g/mol. The molecule has 0 unspecified atom stereocenters. The molecule has 0 aromatic rings. The summed E-state index contributed by atoms with van der Waals surface area (Å²) in [5, 5.41) is 3.22. The number of thiocarbonyl (C=S) groups is 1. The standard InChI is InChI=1S/C5H11NS2.C4H9N/c1-3-6(4-2)5(7)8;1-2-4-5-3-1/h3-4H2,1-2H3,(H,7,8);5H,1-4H2. The number of hydrogen-bond acceptors (Lipinski definition) is 2. The van der Waals surface area contributed by atoms with E-state index in [2.05, 4.69) is 31.8 Å². The van der Waals surface area contributed by atoms with Gasteiger partial charge in [0.1, 0.15) is 4.32 Å². The minimum atomic E-state index is 0.690. The number of nitrogens with one attached hydrogen (secondary N) is 1. The highest BCUT2D eigenvalue weighted by molar-refractivity contribution is 8.10. The van der Waals surface area contributed by atoms with Gasteiger partial charge in [0.2, 0.25) is 0 Å². The molecule has 1 aliphatic heterocycles. The lowest BCUT2D eigenvalue weighted by Crippen LogP contribution is -2.24. The van der Waals surface area contributed by atoms with Gasteiger partial charge in [-0.2, -0.15) is 0 Å². The van der Waals surface area contributed by atoms with Crippen molar-refractivity contribution in [1.29, 1.82) is 0 Å². The molecule has 0 aromatic carbocycles. The van der Waals surface area contributed by atoms with Crippen molar-refractivity contribution in [3.63, 3.8) is 0 Å². The maximum atomic E-state index is 4.81. The molecule has 1 rings (SSSR count). The third-order valence-electron chi connectivity index (χ3n) is 1.99. The van der Waals surface area contributed by atoms with Crippen molar-refractivity contribution in [3.05, 3.63) is 0 Å². The van der Waals surface area contributed by atoms with Crippen LogP contribution in [-0.4, -0.2) is 35.4 Å². The van der Waals surface area contributed by atoms with Gasteiger partial charge in [-0.05, 0) is 39.8 Å². The van der Waals surface area contributed by atoms with Gasteiger partial charge in [-0.1, -0.05) is 12.2 Å². The first-order chi connectivity index (χ1) is 6.22. The molecule has 0 aliphatic carbocycles. The Hall–Kier alpha value is 0.200. The lowest BCUT2D eigenvalue weighted by molar-refractivity contribution is 0.482. The highest BCUT2D eigenvalue weighted by atomic mass is 32.1. The molecule has 0 spiro atoms. The maximum absolute atomic E-state index is 4.81. The van der Waals surface area contributed by atoms with Gasteiger partial charge in [0.25, 0.3) is 0 Å². The molecule has 1 aliphatic rings. The van der Waals surface area contributed by atoms with E-state index in [1.807, 2.05) is 4.90 Å². The molecule has 0 radical (unpaired) electrons. The normalized spacial score (nSPS) is 14.7. The lowest BCUT2D eigenvalue weighted by Gasteiger charge is -2.16. The van der Waals surface area contributed by atoms with Gasteiger partial charge in [0.05, 0.1) is 0 Å². The average Bonchev–Trinajstić information content (AvgIpc) is 2.62. The fourth-order valence-corrected chi connectivity index (χ4v) is 1.66. The van der Waals surface area contributed by atoms with Crippen LogP contribution in [0.15, 0.2) is 0 Å². The third-order valence-corrected chi connectivity index (χ3v) is 2.53. The largest absolute Gasteiger partial charge is 0.358 e. The molecule has 0 bridgehead atoms. The van der Waals surface area contributed by atoms with Crippen LogP contribution in [0.3, 0.4) is 0 Å². The van der Waals surface area contributed by atoms with Crippen molar-refractivity contribution in [1.82, 2.24) is 10.2 Å². The molecule has 0 atom stereocenters. The van der Waals surface area contributed by atoms with Gasteiger partial charge < -0.3 is 10.2 Å². The summed E-state index contributed by atoms with van der Waals surface area (Å²) in [5.74, 6) is 0. The second-order valence-electron chi connectivity index (χ2n) is 2.91. The molecule has 0 saturated carbocycles. The summed E-state index contributed by atoms with van der Waals surface area (Å²) in [6, 6.07) is 0. The van der Waals surface area contributed by atoms with Crippen LogP contribution in [0, 0.1) is 0 Å². The Kier molecular flexibility index (Phi) is 8.92. The predicted molar refractivity (Wildman–Crippen MR) is 66.6 cm³/mol. The Labute approximate surface area is 92.5 Å². The molecule has 4 heteroatoms. The first-order valence-corrected chi connectivity index (χ1v) is 5.76. The zero-order chi connectivity index (χ0) is 10.1. The number of hydrogen-bond donors (Lipinski definition) is 2. The van der Waals surface area contributed by atoms with Crippen molar-refractivity contribution >= 4 is 29.2 Å². The van der Waals surface area contributed by atoms with E-state index in [-0.39, 0.29) is 0 Å². The summed E-state index contributed by atoms with van der Waals surface area (Å²) in [5.41, 5.74) is 0. The van der Waals surface area contributed by atoms with Crippen LogP contribution in [-0.2, 0) is 0 Å². The van der Waals surface area contributed by atoms with Crippen molar-refractivity contribution in [2.75, 3.05) is 26.2 Å². The van der Waals surface area contributed by atoms with Crippen molar-refractivity contribution in [2.45, 2.75) is 26.7 Å². The second-order valence-corrected chi connectivity index (χ2v) is 4.02. The highest BCUT2D eigenvalue weighted by Gasteiger charge is 1.96. The average molecular weight is 220 g/mol. The molecule has 1 heterocycles. The fourth-order valence-electron chi connectivity index (χ4n) is 1.12. The lowest BCUT2D eigenvalue weighted by atomic mass is 10.4. The van der Waals surface area contributed by atoms with E-state index in [1.54, 1.807) is 0 Å². The molecule has 1 N–H and O–H groups in total. The van der Waals surface area contributed by atoms with Gasteiger partial charge in [0, 0.05) is 13.1 Å². The van der Waals surface area contributed by atoms with E-state index >= 15 is 0 Å². The Morgan fingerprint density at radius 3 is 1.85 bits per heavy atom. The number of nitrogens with zero attached hydrogens (tertiary/aromatic N) is 1. The van der Waals surface area contributed by atoms with Gasteiger partial charge in [0.15, 0.2) is 0 Å².